The normalized spacial score (nSPS) is 14.5. The van der Waals surface area contributed by atoms with E-state index >= 15 is 0 Å². The highest BCUT2D eigenvalue weighted by Gasteiger charge is 2.16. The Morgan fingerprint density at radius 1 is 1.50 bits per heavy atom. The van der Waals surface area contributed by atoms with E-state index in [1.54, 1.807) is 0 Å². The number of nitrogens with two attached hydrogens (primary N) is 1. The van der Waals surface area contributed by atoms with Crippen LogP contribution in [0.4, 0.5) is 5.69 Å². The van der Waals surface area contributed by atoms with Gasteiger partial charge >= 0.3 is 0 Å². The Morgan fingerprint density at radius 2 is 2.36 bits per heavy atom. The Bertz CT molecular complexity index is 396. The minimum absolute atomic E-state index is 0.0694. The molecule has 1 heterocycles. The average molecular weight is 188 g/mol. The number of carbonyl (C=O) groups excluding carboxylic acids is 1. The molecular weight excluding hydrogens is 176 g/mol. The van der Waals surface area contributed by atoms with Gasteiger partial charge in [-0.1, -0.05) is 24.3 Å². The highest BCUT2D eigenvalue weighted by atomic mass is 16.1. The minimum atomic E-state index is 0.0694. The van der Waals surface area contributed by atoms with Crippen LogP contribution >= 0.6 is 0 Å². The van der Waals surface area contributed by atoms with E-state index in [4.69, 9.17) is 5.73 Å². The maximum Gasteiger partial charge on any atom is 0.228 e. The van der Waals surface area contributed by atoms with Gasteiger partial charge in [0.2, 0.25) is 5.91 Å². The number of hydrogen-bond acceptors (Lipinski definition) is 2. The number of amides is 1. The summed E-state index contributed by atoms with van der Waals surface area (Å²) in [6.07, 6.45) is 4.33. The molecule has 0 aromatic heterocycles. The lowest BCUT2D eigenvalue weighted by molar-refractivity contribution is -0.115. The fourth-order valence-electron chi connectivity index (χ4n) is 1.54. The van der Waals surface area contributed by atoms with Crippen molar-refractivity contribution in [3.8, 4) is 0 Å². The summed E-state index contributed by atoms with van der Waals surface area (Å²) in [5.74, 6) is 0.0694. The molecule has 0 fully saturated rings. The number of benzene rings is 1. The SMILES string of the molecule is NC/C=C/c1ccc2c(c1)NC(=O)C2. The van der Waals surface area contributed by atoms with Crippen LogP contribution in [0.15, 0.2) is 24.3 Å². The molecule has 0 saturated heterocycles. The number of rotatable bonds is 2. The van der Waals surface area contributed by atoms with Gasteiger partial charge in [0, 0.05) is 12.2 Å². The molecule has 3 N–H and O–H groups in total. The van der Waals surface area contributed by atoms with Gasteiger partial charge in [0.1, 0.15) is 0 Å². The zero-order chi connectivity index (χ0) is 9.97. The van der Waals surface area contributed by atoms with E-state index in [0.29, 0.717) is 13.0 Å². The van der Waals surface area contributed by atoms with Crippen LogP contribution in [0.25, 0.3) is 6.08 Å². The van der Waals surface area contributed by atoms with E-state index in [0.717, 1.165) is 16.8 Å². The van der Waals surface area contributed by atoms with Gasteiger partial charge in [0.25, 0.3) is 0 Å². The molecule has 0 radical (unpaired) electrons. The first-order valence-corrected chi connectivity index (χ1v) is 4.59. The van der Waals surface area contributed by atoms with Gasteiger partial charge in [0.05, 0.1) is 6.42 Å². The molecule has 3 nitrogen and oxygen atoms in total. The predicted molar refractivity (Wildman–Crippen MR) is 56.9 cm³/mol. The monoisotopic (exact) mass is 188 g/mol. The molecule has 3 heteroatoms. The van der Waals surface area contributed by atoms with Crippen LogP contribution in [0.3, 0.4) is 0 Å². The number of anilines is 1. The molecule has 0 saturated carbocycles. The third-order valence-electron chi connectivity index (χ3n) is 2.21. The van der Waals surface area contributed by atoms with Crippen LogP contribution in [0.2, 0.25) is 0 Å². The van der Waals surface area contributed by atoms with Crippen molar-refractivity contribution in [2.75, 3.05) is 11.9 Å². The van der Waals surface area contributed by atoms with E-state index in [9.17, 15) is 4.79 Å². The molecule has 1 aromatic rings. The second-order valence-electron chi connectivity index (χ2n) is 3.28. The summed E-state index contributed by atoms with van der Waals surface area (Å²) in [6.45, 7) is 0.531. The quantitative estimate of drug-likeness (QED) is 0.731. The number of nitrogens with one attached hydrogen (secondary N) is 1. The number of fused-ring (bicyclic) bond motifs is 1. The number of hydrogen-bond donors (Lipinski definition) is 2. The lowest BCUT2D eigenvalue weighted by atomic mass is 10.1. The summed E-state index contributed by atoms with van der Waals surface area (Å²) in [4.78, 5) is 11.1. The second-order valence-corrected chi connectivity index (χ2v) is 3.28. The van der Waals surface area contributed by atoms with Crippen LogP contribution in [-0.2, 0) is 11.2 Å². The third-order valence-corrected chi connectivity index (χ3v) is 2.21. The smallest absolute Gasteiger partial charge is 0.228 e. The van der Waals surface area contributed by atoms with Crippen molar-refractivity contribution < 1.29 is 4.79 Å². The molecule has 0 bridgehead atoms. The largest absolute Gasteiger partial charge is 0.327 e. The molecule has 2 rings (SSSR count). The van der Waals surface area contributed by atoms with Crippen molar-refractivity contribution in [3.05, 3.63) is 35.4 Å². The van der Waals surface area contributed by atoms with Crippen LogP contribution in [-0.4, -0.2) is 12.5 Å². The van der Waals surface area contributed by atoms with Gasteiger partial charge in [-0.15, -0.1) is 0 Å². The van der Waals surface area contributed by atoms with E-state index in [1.165, 1.54) is 0 Å². The van der Waals surface area contributed by atoms with Gasteiger partial charge < -0.3 is 11.1 Å². The van der Waals surface area contributed by atoms with E-state index < -0.39 is 0 Å². The van der Waals surface area contributed by atoms with Crippen molar-refractivity contribution in [1.82, 2.24) is 0 Å². The van der Waals surface area contributed by atoms with Gasteiger partial charge in [-0.25, -0.2) is 0 Å². The first-order valence-electron chi connectivity index (χ1n) is 4.59. The Balaban J connectivity index is 2.28. The Morgan fingerprint density at radius 3 is 3.14 bits per heavy atom. The van der Waals surface area contributed by atoms with E-state index in [2.05, 4.69) is 5.32 Å². The summed E-state index contributed by atoms with van der Waals surface area (Å²) in [5, 5.41) is 2.81. The Hall–Kier alpha value is -1.61. The molecule has 72 valence electrons. The summed E-state index contributed by atoms with van der Waals surface area (Å²) in [6, 6.07) is 5.93. The lowest BCUT2D eigenvalue weighted by Gasteiger charge is -1.99. The topological polar surface area (TPSA) is 55.1 Å². The van der Waals surface area contributed by atoms with Gasteiger partial charge in [-0.2, -0.15) is 0 Å². The van der Waals surface area contributed by atoms with Crippen molar-refractivity contribution in [3.63, 3.8) is 0 Å². The third kappa shape index (κ3) is 1.67. The molecule has 1 aliphatic rings. The Labute approximate surface area is 82.6 Å². The fraction of sp³-hybridized carbons (Fsp3) is 0.182. The predicted octanol–water partition coefficient (Wildman–Crippen LogP) is 1.15. The van der Waals surface area contributed by atoms with Crippen LogP contribution in [0, 0.1) is 0 Å². The summed E-state index contributed by atoms with van der Waals surface area (Å²) in [7, 11) is 0. The average Bonchev–Trinajstić information content (AvgIpc) is 2.54. The van der Waals surface area contributed by atoms with Crippen molar-refractivity contribution in [1.29, 1.82) is 0 Å². The van der Waals surface area contributed by atoms with E-state index in [1.807, 2.05) is 30.4 Å². The first kappa shape index (κ1) is 8.97. The molecule has 0 atom stereocenters. The Kier molecular flexibility index (Phi) is 2.33. The second kappa shape index (κ2) is 3.64. The van der Waals surface area contributed by atoms with Gasteiger partial charge in [0.15, 0.2) is 0 Å². The van der Waals surface area contributed by atoms with Crippen LogP contribution in [0.1, 0.15) is 11.1 Å². The molecule has 1 aromatic carbocycles. The molecule has 14 heavy (non-hydrogen) atoms. The molecule has 1 amide bonds. The number of carbonyl (C=O) groups is 1. The van der Waals surface area contributed by atoms with Crippen molar-refractivity contribution in [2.45, 2.75) is 6.42 Å². The highest BCUT2D eigenvalue weighted by molar-refractivity contribution is 5.99. The van der Waals surface area contributed by atoms with Crippen LogP contribution in [0.5, 0.6) is 0 Å². The summed E-state index contributed by atoms with van der Waals surface area (Å²) >= 11 is 0. The lowest BCUT2D eigenvalue weighted by Crippen LogP contribution is -2.03. The summed E-state index contributed by atoms with van der Waals surface area (Å²) < 4.78 is 0. The maximum atomic E-state index is 11.1. The minimum Gasteiger partial charge on any atom is -0.327 e. The molecule has 0 spiro atoms. The maximum absolute atomic E-state index is 11.1. The van der Waals surface area contributed by atoms with Crippen LogP contribution < -0.4 is 11.1 Å². The first-order chi connectivity index (χ1) is 6.79. The standard InChI is InChI=1S/C11H12N2O/c12-5-1-2-8-3-4-9-7-11(14)13-10(9)6-8/h1-4,6H,5,7,12H2,(H,13,14)/b2-1+. The van der Waals surface area contributed by atoms with Crippen molar-refractivity contribution >= 4 is 17.7 Å². The zero-order valence-electron chi connectivity index (χ0n) is 7.79. The van der Waals surface area contributed by atoms with Gasteiger partial charge in [-0.05, 0) is 17.2 Å². The summed E-state index contributed by atoms with van der Waals surface area (Å²) in [5.41, 5.74) is 8.42. The van der Waals surface area contributed by atoms with Gasteiger partial charge in [-0.3, -0.25) is 4.79 Å². The molecule has 1 aliphatic heterocycles. The highest BCUT2D eigenvalue weighted by Crippen LogP contribution is 2.24. The molecular formula is C11H12N2O. The zero-order valence-corrected chi connectivity index (χ0v) is 7.79. The molecule has 0 unspecified atom stereocenters. The molecule has 0 aliphatic carbocycles. The fourth-order valence-corrected chi connectivity index (χ4v) is 1.54. The van der Waals surface area contributed by atoms with Crippen molar-refractivity contribution in [2.24, 2.45) is 5.73 Å². The van der Waals surface area contributed by atoms with E-state index in [-0.39, 0.29) is 5.91 Å².